The molecule has 0 radical (unpaired) electrons. The van der Waals surface area contributed by atoms with Gasteiger partial charge in [0.15, 0.2) is 0 Å². The number of benzene rings is 1. The number of rotatable bonds is 5. The van der Waals surface area contributed by atoms with Gasteiger partial charge in [0.2, 0.25) is 0 Å². The lowest BCUT2D eigenvalue weighted by atomic mass is 10.3. The molecule has 0 saturated heterocycles. The van der Waals surface area contributed by atoms with Crippen molar-refractivity contribution in [1.82, 2.24) is 9.97 Å². The molecule has 0 spiro atoms. The van der Waals surface area contributed by atoms with Crippen LogP contribution in [0.15, 0.2) is 41.6 Å². The number of nitrogens with one attached hydrogen (secondary N) is 1. The van der Waals surface area contributed by atoms with E-state index < -0.39 is 5.76 Å². The summed E-state index contributed by atoms with van der Waals surface area (Å²) >= 11 is 5.24. The Kier molecular flexibility index (Phi) is 4.80. The summed E-state index contributed by atoms with van der Waals surface area (Å²) in [5.41, 5.74) is 6.36. The Morgan fingerprint density at radius 3 is 2.60 bits per heavy atom. The molecule has 0 unspecified atom stereocenters. The highest BCUT2D eigenvalue weighted by Gasteiger charge is 2.10. The van der Waals surface area contributed by atoms with Crippen LogP contribution in [0, 0.1) is 0 Å². The largest absolute Gasteiger partial charge is 0.388 e. The van der Waals surface area contributed by atoms with Gasteiger partial charge in [-0.3, -0.25) is 0 Å². The van der Waals surface area contributed by atoms with Crippen molar-refractivity contribution in [3.05, 3.63) is 42.4 Å². The summed E-state index contributed by atoms with van der Waals surface area (Å²) < 4.78 is 24.9. The van der Waals surface area contributed by atoms with Crippen molar-refractivity contribution in [3.8, 4) is 0 Å². The molecule has 0 atom stereocenters. The number of thiocarbonyl (C=S) groups is 1. The van der Waals surface area contributed by atoms with Gasteiger partial charge in [-0.2, -0.15) is 8.78 Å². The van der Waals surface area contributed by atoms with E-state index in [-0.39, 0.29) is 4.99 Å². The molecule has 0 bridgehead atoms. The number of hydrogen-bond acceptors (Lipinski definition) is 5. The van der Waals surface area contributed by atoms with Crippen LogP contribution in [0.2, 0.25) is 0 Å². The molecular weight excluding hydrogens is 302 g/mol. The molecule has 0 amide bonds. The minimum atomic E-state index is -2.49. The second-order valence-electron chi connectivity index (χ2n) is 3.65. The number of anilines is 2. The molecule has 3 N–H and O–H groups in total. The standard InChI is InChI=1S/C12H10F2N4S2/c13-12(14)20-9-4-2-1-3-7(9)18-10-6-16-8(5-17-10)11(15)19/h1-6,12H,(H2,15,19)(H,17,18). The van der Waals surface area contributed by atoms with E-state index in [9.17, 15) is 8.78 Å². The molecule has 4 nitrogen and oxygen atoms in total. The Bertz CT molecular complexity index is 605. The van der Waals surface area contributed by atoms with Crippen LogP contribution in [0.25, 0.3) is 0 Å². The molecule has 1 aromatic carbocycles. The van der Waals surface area contributed by atoms with Crippen LogP contribution in [0.5, 0.6) is 0 Å². The smallest absolute Gasteiger partial charge is 0.288 e. The maximum absolute atomic E-state index is 12.5. The average molecular weight is 312 g/mol. The van der Waals surface area contributed by atoms with Gasteiger partial charge in [-0.15, -0.1) is 0 Å². The lowest BCUT2D eigenvalue weighted by Crippen LogP contribution is -2.12. The van der Waals surface area contributed by atoms with Gasteiger partial charge in [0, 0.05) is 4.90 Å². The Morgan fingerprint density at radius 1 is 1.25 bits per heavy atom. The summed E-state index contributed by atoms with van der Waals surface area (Å²) in [5.74, 6) is -2.06. The van der Waals surface area contributed by atoms with E-state index >= 15 is 0 Å². The first-order valence-corrected chi connectivity index (χ1v) is 6.78. The monoisotopic (exact) mass is 312 g/mol. The van der Waals surface area contributed by atoms with Gasteiger partial charge in [-0.05, 0) is 12.1 Å². The van der Waals surface area contributed by atoms with Crippen LogP contribution in [0.4, 0.5) is 20.3 Å². The van der Waals surface area contributed by atoms with E-state index in [1.54, 1.807) is 24.3 Å². The minimum Gasteiger partial charge on any atom is -0.388 e. The lowest BCUT2D eigenvalue weighted by Gasteiger charge is -2.10. The highest BCUT2D eigenvalue weighted by molar-refractivity contribution is 7.99. The fourth-order valence-electron chi connectivity index (χ4n) is 1.43. The molecule has 2 rings (SSSR count). The molecule has 8 heteroatoms. The first-order chi connectivity index (χ1) is 9.56. The van der Waals surface area contributed by atoms with Crippen molar-refractivity contribution >= 4 is 40.5 Å². The van der Waals surface area contributed by atoms with Gasteiger partial charge in [0.05, 0.1) is 18.1 Å². The molecule has 0 aliphatic carbocycles. The number of halogens is 2. The predicted octanol–water partition coefficient (Wildman–Crippen LogP) is 3.17. The zero-order valence-electron chi connectivity index (χ0n) is 10.1. The van der Waals surface area contributed by atoms with Crippen molar-refractivity contribution in [2.45, 2.75) is 10.7 Å². The Morgan fingerprint density at radius 2 is 2.00 bits per heavy atom. The molecule has 0 aliphatic rings. The molecule has 20 heavy (non-hydrogen) atoms. The van der Waals surface area contributed by atoms with Gasteiger partial charge in [-0.25, -0.2) is 9.97 Å². The maximum atomic E-state index is 12.5. The summed E-state index contributed by atoms with van der Waals surface area (Å²) in [6.45, 7) is 0. The van der Waals surface area contributed by atoms with Crippen molar-refractivity contribution < 1.29 is 8.78 Å². The van der Waals surface area contributed by atoms with E-state index in [1.165, 1.54) is 12.4 Å². The third-order valence-electron chi connectivity index (χ3n) is 2.27. The summed E-state index contributed by atoms with van der Waals surface area (Å²) in [4.78, 5) is 8.68. The molecular formula is C12H10F2N4S2. The Balaban J connectivity index is 2.19. The van der Waals surface area contributed by atoms with Gasteiger partial charge in [0.1, 0.15) is 16.5 Å². The second kappa shape index (κ2) is 6.58. The fraction of sp³-hybridized carbons (Fsp3) is 0.0833. The van der Waals surface area contributed by atoms with Gasteiger partial charge in [0.25, 0.3) is 5.76 Å². The molecule has 2 aromatic rings. The quantitative estimate of drug-likeness (QED) is 0.653. The number of thioether (sulfide) groups is 1. The first kappa shape index (κ1) is 14.6. The zero-order chi connectivity index (χ0) is 14.5. The molecule has 0 fully saturated rings. The zero-order valence-corrected chi connectivity index (χ0v) is 11.7. The van der Waals surface area contributed by atoms with Gasteiger partial charge in [-0.1, -0.05) is 36.1 Å². The number of para-hydroxylation sites is 1. The highest BCUT2D eigenvalue weighted by Crippen LogP contribution is 2.32. The number of nitrogens with zero attached hydrogens (tertiary/aromatic N) is 2. The number of alkyl halides is 2. The number of hydrogen-bond donors (Lipinski definition) is 2. The predicted molar refractivity (Wildman–Crippen MR) is 79.5 cm³/mol. The van der Waals surface area contributed by atoms with Crippen molar-refractivity contribution in [2.24, 2.45) is 5.73 Å². The summed E-state index contributed by atoms with van der Waals surface area (Å²) in [6, 6.07) is 6.73. The minimum absolute atomic E-state index is 0.151. The van der Waals surface area contributed by atoms with Crippen LogP contribution >= 0.6 is 24.0 Å². The first-order valence-electron chi connectivity index (χ1n) is 5.49. The summed E-state index contributed by atoms with van der Waals surface area (Å²) in [7, 11) is 0. The van der Waals surface area contributed by atoms with Crippen molar-refractivity contribution in [2.75, 3.05) is 5.32 Å². The summed E-state index contributed by atoms with van der Waals surface area (Å²) in [6.07, 6.45) is 2.87. The molecule has 1 heterocycles. The van der Waals surface area contributed by atoms with Gasteiger partial charge >= 0.3 is 0 Å². The molecule has 1 aromatic heterocycles. The van der Waals surface area contributed by atoms with E-state index in [1.807, 2.05) is 0 Å². The summed E-state index contributed by atoms with van der Waals surface area (Å²) in [5, 5.41) is 2.93. The van der Waals surface area contributed by atoms with E-state index in [0.717, 1.165) is 0 Å². The lowest BCUT2D eigenvalue weighted by molar-refractivity contribution is 0.252. The van der Waals surface area contributed by atoms with E-state index in [4.69, 9.17) is 18.0 Å². The Labute approximate surface area is 123 Å². The average Bonchev–Trinajstić information content (AvgIpc) is 2.41. The van der Waals surface area contributed by atoms with Crippen LogP contribution in [-0.4, -0.2) is 20.7 Å². The fourth-order valence-corrected chi connectivity index (χ4v) is 2.13. The normalized spacial score (nSPS) is 10.6. The van der Waals surface area contributed by atoms with Crippen LogP contribution in [0.3, 0.4) is 0 Å². The van der Waals surface area contributed by atoms with E-state index in [0.29, 0.717) is 33.9 Å². The number of nitrogens with two attached hydrogens (primary N) is 1. The highest BCUT2D eigenvalue weighted by atomic mass is 32.2. The van der Waals surface area contributed by atoms with E-state index in [2.05, 4.69) is 15.3 Å². The van der Waals surface area contributed by atoms with Crippen molar-refractivity contribution in [3.63, 3.8) is 0 Å². The van der Waals surface area contributed by atoms with Crippen molar-refractivity contribution in [1.29, 1.82) is 0 Å². The second-order valence-corrected chi connectivity index (χ2v) is 5.12. The topological polar surface area (TPSA) is 63.8 Å². The molecule has 0 saturated carbocycles. The van der Waals surface area contributed by atoms with Crippen LogP contribution in [-0.2, 0) is 0 Å². The third-order valence-corrected chi connectivity index (χ3v) is 3.27. The number of aromatic nitrogens is 2. The SMILES string of the molecule is NC(=S)c1cnc(Nc2ccccc2SC(F)F)cn1. The molecule has 104 valence electrons. The Hall–Kier alpha value is -1.80. The molecule has 0 aliphatic heterocycles. The van der Waals surface area contributed by atoms with Crippen LogP contribution in [0.1, 0.15) is 5.69 Å². The maximum Gasteiger partial charge on any atom is 0.288 e. The third kappa shape index (κ3) is 3.84. The van der Waals surface area contributed by atoms with Gasteiger partial charge < -0.3 is 11.1 Å². The van der Waals surface area contributed by atoms with Crippen LogP contribution < -0.4 is 11.1 Å².